The molecule has 0 aliphatic rings. The highest BCUT2D eigenvalue weighted by Crippen LogP contribution is 2.26. The van der Waals surface area contributed by atoms with Gasteiger partial charge in [-0.25, -0.2) is 0 Å². The molecule has 0 heterocycles. The van der Waals surface area contributed by atoms with Crippen LogP contribution >= 0.6 is 12.4 Å². The predicted octanol–water partition coefficient (Wildman–Crippen LogP) is 2.26. The molecule has 1 amide bonds. The van der Waals surface area contributed by atoms with Crippen LogP contribution in [0.1, 0.15) is 12.5 Å². The fraction of sp³-hybridized carbons (Fsp3) is 0.462. The largest absolute Gasteiger partial charge is 0.573 e. The molecule has 0 bridgehead atoms. The average Bonchev–Trinajstić information content (AvgIpc) is 2.38. The number of alkyl halides is 3. The SMILES string of the molecule is CC(CN)C(=O)NCCc1ccccc1OC(F)(F)F.Cl. The molecule has 3 N–H and O–H groups in total. The van der Waals surface area contributed by atoms with E-state index in [2.05, 4.69) is 10.1 Å². The van der Waals surface area contributed by atoms with Gasteiger partial charge in [0.25, 0.3) is 0 Å². The molecule has 1 aromatic carbocycles. The summed E-state index contributed by atoms with van der Waals surface area (Å²) >= 11 is 0. The van der Waals surface area contributed by atoms with Crippen LogP contribution in [0.4, 0.5) is 13.2 Å². The van der Waals surface area contributed by atoms with E-state index in [1.165, 1.54) is 18.2 Å². The summed E-state index contributed by atoms with van der Waals surface area (Å²) in [4.78, 5) is 11.5. The van der Waals surface area contributed by atoms with Crippen LogP contribution in [0.3, 0.4) is 0 Å². The molecule has 0 saturated heterocycles. The Labute approximate surface area is 127 Å². The van der Waals surface area contributed by atoms with Gasteiger partial charge in [0, 0.05) is 19.0 Å². The second-order valence-electron chi connectivity index (χ2n) is 4.33. The van der Waals surface area contributed by atoms with Gasteiger partial charge in [-0.3, -0.25) is 4.79 Å². The standard InChI is InChI=1S/C13H17F3N2O2.ClH/c1-9(8-17)12(19)18-7-6-10-4-2-3-5-11(10)20-13(14,15)16;/h2-5,9H,6-8,17H2,1H3,(H,18,19);1H. The maximum atomic E-state index is 12.2. The summed E-state index contributed by atoms with van der Waals surface area (Å²) in [6.45, 7) is 2.12. The van der Waals surface area contributed by atoms with Crippen LogP contribution in [0, 0.1) is 5.92 Å². The zero-order chi connectivity index (χ0) is 15.2. The summed E-state index contributed by atoms with van der Waals surface area (Å²) < 4.78 is 40.6. The number of carbonyl (C=O) groups is 1. The van der Waals surface area contributed by atoms with Gasteiger partial charge in [-0.15, -0.1) is 25.6 Å². The van der Waals surface area contributed by atoms with E-state index in [1.807, 2.05) is 0 Å². The first-order valence-corrected chi connectivity index (χ1v) is 6.15. The van der Waals surface area contributed by atoms with E-state index in [1.54, 1.807) is 13.0 Å². The molecule has 1 unspecified atom stereocenters. The second kappa shape index (κ2) is 8.74. The number of amides is 1. The zero-order valence-electron chi connectivity index (χ0n) is 11.4. The third kappa shape index (κ3) is 7.19. The lowest BCUT2D eigenvalue weighted by molar-refractivity contribution is -0.274. The van der Waals surface area contributed by atoms with E-state index >= 15 is 0 Å². The number of benzene rings is 1. The molecule has 1 rings (SSSR count). The van der Waals surface area contributed by atoms with Crippen LogP contribution < -0.4 is 15.8 Å². The monoisotopic (exact) mass is 326 g/mol. The molecular weight excluding hydrogens is 309 g/mol. The van der Waals surface area contributed by atoms with Gasteiger partial charge < -0.3 is 15.8 Å². The van der Waals surface area contributed by atoms with Crippen molar-refractivity contribution in [2.45, 2.75) is 19.7 Å². The highest BCUT2D eigenvalue weighted by molar-refractivity contribution is 5.85. The molecule has 4 nitrogen and oxygen atoms in total. The minimum absolute atomic E-state index is 0. The Balaban J connectivity index is 0.00000400. The van der Waals surface area contributed by atoms with E-state index < -0.39 is 6.36 Å². The van der Waals surface area contributed by atoms with Crippen molar-refractivity contribution in [1.29, 1.82) is 0 Å². The predicted molar refractivity (Wildman–Crippen MR) is 75.3 cm³/mol. The average molecular weight is 327 g/mol. The van der Waals surface area contributed by atoms with Gasteiger partial charge in [0.05, 0.1) is 0 Å². The minimum atomic E-state index is -4.73. The van der Waals surface area contributed by atoms with Crippen molar-refractivity contribution in [3.05, 3.63) is 29.8 Å². The quantitative estimate of drug-likeness (QED) is 0.843. The maximum absolute atomic E-state index is 12.2. The number of hydrogen-bond donors (Lipinski definition) is 2. The normalized spacial score (nSPS) is 12.2. The van der Waals surface area contributed by atoms with Crippen molar-refractivity contribution in [2.75, 3.05) is 13.1 Å². The van der Waals surface area contributed by atoms with E-state index in [0.717, 1.165) is 0 Å². The van der Waals surface area contributed by atoms with Crippen LogP contribution in [0.15, 0.2) is 24.3 Å². The summed E-state index contributed by atoms with van der Waals surface area (Å²) in [5, 5.41) is 2.62. The third-order valence-electron chi connectivity index (χ3n) is 2.69. The molecule has 0 radical (unpaired) electrons. The third-order valence-corrected chi connectivity index (χ3v) is 2.69. The van der Waals surface area contributed by atoms with E-state index in [4.69, 9.17) is 5.73 Å². The van der Waals surface area contributed by atoms with Gasteiger partial charge >= 0.3 is 6.36 Å². The number of nitrogens with one attached hydrogen (secondary N) is 1. The van der Waals surface area contributed by atoms with Crippen molar-refractivity contribution in [3.63, 3.8) is 0 Å². The molecule has 0 fully saturated rings. The van der Waals surface area contributed by atoms with Crippen molar-refractivity contribution in [1.82, 2.24) is 5.32 Å². The fourth-order valence-electron chi connectivity index (χ4n) is 1.54. The summed E-state index contributed by atoms with van der Waals surface area (Å²) in [6, 6.07) is 5.84. The van der Waals surface area contributed by atoms with E-state index in [9.17, 15) is 18.0 Å². The smallest absolute Gasteiger partial charge is 0.406 e. The Morgan fingerprint density at radius 1 is 1.38 bits per heavy atom. The number of nitrogens with two attached hydrogens (primary N) is 1. The maximum Gasteiger partial charge on any atom is 0.573 e. The number of ether oxygens (including phenoxy) is 1. The van der Waals surface area contributed by atoms with Gasteiger partial charge in [-0.05, 0) is 18.1 Å². The summed E-state index contributed by atoms with van der Waals surface area (Å²) in [6.07, 6.45) is -4.48. The van der Waals surface area contributed by atoms with Crippen molar-refractivity contribution >= 4 is 18.3 Å². The van der Waals surface area contributed by atoms with Crippen LogP contribution in [-0.2, 0) is 11.2 Å². The Hall–Kier alpha value is -1.47. The van der Waals surface area contributed by atoms with E-state index in [0.29, 0.717) is 5.56 Å². The summed E-state index contributed by atoms with van der Waals surface area (Å²) in [7, 11) is 0. The first-order chi connectivity index (χ1) is 9.33. The molecule has 0 aromatic heterocycles. The van der Waals surface area contributed by atoms with Crippen molar-refractivity contribution in [2.24, 2.45) is 11.7 Å². The lowest BCUT2D eigenvalue weighted by atomic mass is 10.1. The minimum Gasteiger partial charge on any atom is -0.406 e. The second-order valence-corrected chi connectivity index (χ2v) is 4.33. The Morgan fingerprint density at radius 3 is 2.57 bits per heavy atom. The number of halogens is 4. The molecule has 0 saturated carbocycles. The van der Waals surface area contributed by atoms with Crippen LogP contribution in [0.25, 0.3) is 0 Å². The number of rotatable bonds is 6. The van der Waals surface area contributed by atoms with Crippen LogP contribution in [0.5, 0.6) is 5.75 Å². The Bertz CT molecular complexity index is 455. The lowest BCUT2D eigenvalue weighted by Crippen LogP contribution is -2.34. The zero-order valence-corrected chi connectivity index (χ0v) is 12.3. The highest BCUT2D eigenvalue weighted by Gasteiger charge is 2.31. The van der Waals surface area contributed by atoms with Gasteiger partial charge in [-0.2, -0.15) is 0 Å². The van der Waals surface area contributed by atoms with Crippen molar-refractivity contribution in [3.8, 4) is 5.75 Å². The molecule has 21 heavy (non-hydrogen) atoms. The van der Waals surface area contributed by atoms with E-state index in [-0.39, 0.29) is 49.5 Å². The molecular formula is C13H18ClF3N2O2. The Kier molecular flexibility index (Phi) is 8.12. The van der Waals surface area contributed by atoms with Gasteiger partial charge in [0.1, 0.15) is 5.75 Å². The Morgan fingerprint density at radius 2 is 2.00 bits per heavy atom. The molecule has 0 spiro atoms. The number of para-hydroxylation sites is 1. The van der Waals surface area contributed by atoms with Crippen LogP contribution in [0.2, 0.25) is 0 Å². The molecule has 8 heteroatoms. The molecule has 1 aromatic rings. The van der Waals surface area contributed by atoms with Gasteiger partial charge in [0.15, 0.2) is 0 Å². The summed E-state index contributed by atoms with van der Waals surface area (Å²) in [5.41, 5.74) is 5.72. The highest BCUT2D eigenvalue weighted by atomic mass is 35.5. The molecule has 0 aliphatic carbocycles. The number of hydrogen-bond acceptors (Lipinski definition) is 3. The first-order valence-electron chi connectivity index (χ1n) is 6.15. The van der Waals surface area contributed by atoms with Crippen LogP contribution in [-0.4, -0.2) is 25.4 Å². The molecule has 120 valence electrons. The lowest BCUT2D eigenvalue weighted by Gasteiger charge is -2.14. The van der Waals surface area contributed by atoms with Gasteiger partial charge in [-0.1, -0.05) is 25.1 Å². The molecule has 0 aliphatic heterocycles. The summed E-state index contributed by atoms with van der Waals surface area (Å²) in [5.74, 6) is -0.792. The van der Waals surface area contributed by atoms with Gasteiger partial charge in [0.2, 0.25) is 5.91 Å². The number of carbonyl (C=O) groups excluding carboxylic acids is 1. The molecule has 1 atom stereocenters. The fourth-order valence-corrected chi connectivity index (χ4v) is 1.54. The van der Waals surface area contributed by atoms with Crippen molar-refractivity contribution < 1.29 is 22.7 Å². The topological polar surface area (TPSA) is 64.4 Å². The first kappa shape index (κ1) is 19.5.